The van der Waals surface area contributed by atoms with Gasteiger partial charge in [0.1, 0.15) is 0 Å². The Morgan fingerprint density at radius 3 is 2.44 bits per heavy atom. The molecule has 2 N–H and O–H groups in total. The minimum atomic E-state index is -1.48. The van der Waals surface area contributed by atoms with Gasteiger partial charge in [-0.1, -0.05) is 6.07 Å². The zero-order chi connectivity index (χ0) is 13.3. The number of halogens is 4. The normalized spacial score (nSPS) is 12.7. The second-order valence-electron chi connectivity index (χ2n) is 3.78. The molecule has 1 atom stereocenters. The minimum absolute atomic E-state index is 0.0153. The van der Waals surface area contributed by atoms with Crippen LogP contribution in [-0.2, 0) is 6.42 Å². The van der Waals surface area contributed by atoms with Crippen LogP contribution in [0, 0.1) is 17.5 Å². The summed E-state index contributed by atoms with van der Waals surface area (Å²) in [5, 5.41) is 0. The highest BCUT2D eigenvalue weighted by Gasteiger charge is 2.18. The highest BCUT2D eigenvalue weighted by molar-refractivity contribution is 9.11. The van der Waals surface area contributed by atoms with Crippen molar-refractivity contribution in [2.45, 2.75) is 12.5 Å². The lowest BCUT2D eigenvalue weighted by Gasteiger charge is -2.12. The monoisotopic (exact) mass is 335 g/mol. The van der Waals surface area contributed by atoms with Gasteiger partial charge in [0, 0.05) is 22.9 Å². The van der Waals surface area contributed by atoms with Crippen molar-refractivity contribution < 1.29 is 13.2 Å². The Balaban J connectivity index is 2.24. The molecular weight excluding hydrogens is 327 g/mol. The van der Waals surface area contributed by atoms with Crippen LogP contribution in [0.3, 0.4) is 0 Å². The van der Waals surface area contributed by atoms with E-state index in [0.717, 1.165) is 14.7 Å². The first-order valence-corrected chi connectivity index (χ1v) is 6.73. The molecule has 0 bridgehead atoms. The molecular formula is C12H9BrF3NS. The van der Waals surface area contributed by atoms with Crippen LogP contribution in [0.25, 0.3) is 0 Å². The third-order valence-corrected chi connectivity index (χ3v) is 4.16. The zero-order valence-electron chi connectivity index (χ0n) is 9.09. The van der Waals surface area contributed by atoms with Crippen LogP contribution in [0.4, 0.5) is 13.2 Å². The molecule has 1 unspecified atom stereocenters. The van der Waals surface area contributed by atoms with Gasteiger partial charge in [0.05, 0.1) is 3.79 Å². The molecule has 0 fully saturated rings. The number of rotatable bonds is 3. The lowest BCUT2D eigenvalue weighted by Crippen LogP contribution is -2.15. The number of thiophene rings is 1. The molecule has 0 saturated carbocycles. The molecule has 2 aromatic rings. The van der Waals surface area contributed by atoms with Gasteiger partial charge in [0.2, 0.25) is 0 Å². The molecule has 0 aliphatic carbocycles. The minimum Gasteiger partial charge on any atom is -0.324 e. The van der Waals surface area contributed by atoms with Crippen molar-refractivity contribution in [1.29, 1.82) is 0 Å². The van der Waals surface area contributed by atoms with Crippen LogP contribution in [0.5, 0.6) is 0 Å². The van der Waals surface area contributed by atoms with Crippen molar-refractivity contribution in [2.75, 3.05) is 0 Å². The fraction of sp³-hybridized carbons (Fsp3) is 0.167. The fourth-order valence-corrected chi connectivity index (χ4v) is 3.16. The van der Waals surface area contributed by atoms with Crippen molar-refractivity contribution >= 4 is 27.3 Å². The Kier molecular flexibility index (Phi) is 4.09. The second-order valence-corrected chi connectivity index (χ2v) is 6.33. The summed E-state index contributed by atoms with van der Waals surface area (Å²) in [6.07, 6.45) is 0.373. The van der Waals surface area contributed by atoms with Gasteiger partial charge in [-0.3, -0.25) is 0 Å². The maximum absolute atomic E-state index is 13.5. The lowest BCUT2D eigenvalue weighted by molar-refractivity contribution is 0.435. The molecule has 0 spiro atoms. The number of hydrogen-bond donors (Lipinski definition) is 1. The van der Waals surface area contributed by atoms with E-state index in [2.05, 4.69) is 15.9 Å². The van der Waals surface area contributed by atoms with Gasteiger partial charge in [0.25, 0.3) is 0 Å². The molecule has 96 valence electrons. The van der Waals surface area contributed by atoms with Crippen LogP contribution >= 0.6 is 27.3 Å². The Labute approximate surface area is 115 Å². The van der Waals surface area contributed by atoms with Crippen LogP contribution in [0.1, 0.15) is 16.5 Å². The Bertz CT molecular complexity index is 570. The largest absolute Gasteiger partial charge is 0.324 e. The van der Waals surface area contributed by atoms with Gasteiger partial charge in [-0.05, 0) is 34.1 Å². The summed E-state index contributed by atoms with van der Waals surface area (Å²) < 4.78 is 40.3. The van der Waals surface area contributed by atoms with Crippen molar-refractivity contribution in [1.82, 2.24) is 0 Å². The highest BCUT2D eigenvalue weighted by Crippen LogP contribution is 2.27. The molecule has 0 aliphatic rings. The Morgan fingerprint density at radius 1 is 1.11 bits per heavy atom. The average molecular weight is 336 g/mol. The van der Waals surface area contributed by atoms with E-state index in [0.29, 0.717) is 6.42 Å². The maximum atomic E-state index is 13.5. The van der Waals surface area contributed by atoms with Gasteiger partial charge in [-0.25, -0.2) is 13.2 Å². The van der Waals surface area contributed by atoms with Crippen LogP contribution < -0.4 is 5.73 Å². The topological polar surface area (TPSA) is 26.0 Å². The van der Waals surface area contributed by atoms with Gasteiger partial charge < -0.3 is 5.73 Å². The van der Waals surface area contributed by atoms with Crippen molar-refractivity contribution in [3.05, 3.63) is 55.9 Å². The molecule has 1 aromatic carbocycles. The van der Waals surface area contributed by atoms with E-state index in [1.54, 1.807) is 0 Å². The van der Waals surface area contributed by atoms with E-state index in [9.17, 15) is 13.2 Å². The first kappa shape index (κ1) is 13.6. The van der Waals surface area contributed by atoms with E-state index in [-0.39, 0.29) is 5.56 Å². The van der Waals surface area contributed by atoms with Crippen molar-refractivity contribution in [3.63, 3.8) is 0 Å². The van der Waals surface area contributed by atoms with Gasteiger partial charge in [-0.15, -0.1) is 11.3 Å². The summed E-state index contributed by atoms with van der Waals surface area (Å²) in [6, 6.07) is 5.07. The summed E-state index contributed by atoms with van der Waals surface area (Å²) in [6.45, 7) is 0. The standard InChI is InChI=1S/C12H9BrF3NS/c13-10-4-1-6(18-10)5-9(17)7-2-3-8(14)12(16)11(7)15/h1-4,9H,5,17H2. The molecule has 0 saturated heterocycles. The molecule has 0 radical (unpaired) electrons. The fourth-order valence-electron chi connectivity index (χ4n) is 1.62. The molecule has 1 nitrogen and oxygen atoms in total. The number of hydrogen-bond acceptors (Lipinski definition) is 2. The summed E-state index contributed by atoms with van der Waals surface area (Å²) in [5.41, 5.74) is 5.80. The summed E-state index contributed by atoms with van der Waals surface area (Å²) in [5.74, 6) is -3.89. The van der Waals surface area contributed by atoms with Crippen molar-refractivity contribution in [3.8, 4) is 0 Å². The van der Waals surface area contributed by atoms with Crippen molar-refractivity contribution in [2.24, 2.45) is 5.73 Å². The second kappa shape index (κ2) is 5.42. The predicted molar refractivity (Wildman–Crippen MR) is 69.0 cm³/mol. The van der Waals surface area contributed by atoms with E-state index < -0.39 is 23.5 Å². The van der Waals surface area contributed by atoms with E-state index in [4.69, 9.17) is 5.73 Å². The Hall–Kier alpha value is -0.850. The van der Waals surface area contributed by atoms with Gasteiger partial charge >= 0.3 is 0 Å². The molecule has 2 rings (SSSR count). The van der Waals surface area contributed by atoms with Gasteiger partial charge in [-0.2, -0.15) is 0 Å². The summed E-state index contributed by atoms with van der Waals surface area (Å²) >= 11 is 4.78. The lowest BCUT2D eigenvalue weighted by atomic mass is 10.0. The summed E-state index contributed by atoms with van der Waals surface area (Å²) in [7, 11) is 0. The average Bonchev–Trinajstić information content (AvgIpc) is 2.71. The maximum Gasteiger partial charge on any atom is 0.194 e. The number of benzene rings is 1. The van der Waals surface area contributed by atoms with Crippen LogP contribution in [-0.4, -0.2) is 0 Å². The van der Waals surface area contributed by atoms with E-state index in [1.165, 1.54) is 17.4 Å². The Morgan fingerprint density at radius 2 is 1.83 bits per heavy atom. The third-order valence-electron chi connectivity index (χ3n) is 2.51. The highest BCUT2D eigenvalue weighted by atomic mass is 79.9. The predicted octanol–water partition coefficient (Wildman–Crippen LogP) is 4.17. The van der Waals surface area contributed by atoms with Crippen LogP contribution in [0.2, 0.25) is 0 Å². The SMILES string of the molecule is NC(Cc1ccc(Br)s1)c1ccc(F)c(F)c1F. The molecule has 6 heteroatoms. The van der Waals surface area contributed by atoms with E-state index >= 15 is 0 Å². The molecule has 0 aliphatic heterocycles. The summed E-state index contributed by atoms with van der Waals surface area (Å²) in [4.78, 5) is 0.943. The molecule has 18 heavy (non-hydrogen) atoms. The first-order valence-electron chi connectivity index (χ1n) is 5.12. The first-order chi connectivity index (χ1) is 8.49. The quantitative estimate of drug-likeness (QED) is 0.837. The molecule has 1 heterocycles. The zero-order valence-corrected chi connectivity index (χ0v) is 11.5. The van der Waals surface area contributed by atoms with Gasteiger partial charge in [0.15, 0.2) is 17.5 Å². The van der Waals surface area contributed by atoms with Crippen LogP contribution in [0.15, 0.2) is 28.1 Å². The smallest absolute Gasteiger partial charge is 0.194 e. The molecule has 0 amide bonds. The number of nitrogens with two attached hydrogens (primary N) is 1. The third kappa shape index (κ3) is 2.76. The molecule has 1 aromatic heterocycles. The van der Waals surface area contributed by atoms with E-state index in [1.807, 2.05) is 12.1 Å².